The Morgan fingerprint density at radius 3 is 2.53 bits per heavy atom. The average molecular weight is 253 g/mol. The Morgan fingerprint density at radius 1 is 1.35 bits per heavy atom. The minimum Gasteiger partial charge on any atom is -0.381 e. The molecule has 1 unspecified atom stereocenters. The Labute approximate surface area is 108 Å². The van der Waals surface area contributed by atoms with E-state index in [-0.39, 0.29) is 5.41 Å². The van der Waals surface area contributed by atoms with Gasteiger partial charge in [0.15, 0.2) is 0 Å². The minimum absolute atomic E-state index is 0.197. The van der Waals surface area contributed by atoms with Crippen LogP contribution in [0.2, 0.25) is 0 Å². The molecule has 1 saturated heterocycles. The van der Waals surface area contributed by atoms with Gasteiger partial charge in [-0.1, -0.05) is 34.6 Å². The first-order valence-electron chi connectivity index (χ1n) is 6.48. The maximum atomic E-state index is 5.51. The molecule has 96 valence electrons. The lowest BCUT2D eigenvalue weighted by Gasteiger charge is -2.19. The molecule has 0 amide bonds. The maximum Gasteiger partial charge on any atom is 0.0956 e. The van der Waals surface area contributed by atoms with E-state index in [1.807, 2.05) is 11.3 Å². The molecule has 1 aliphatic heterocycles. The van der Waals surface area contributed by atoms with Crippen LogP contribution in [0.4, 0.5) is 0 Å². The van der Waals surface area contributed by atoms with E-state index >= 15 is 0 Å². The monoisotopic (exact) mass is 253 g/mol. The minimum atomic E-state index is 0.197. The smallest absolute Gasteiger partial charge is 0.0956 e. The zero-order valence-corrected chi connectivity index (χ0v) is 12.4. The lowest BCUT2D eigenvalue weighted by Crippen LogP contribution is -2.14. The SMILES string of the molecule is CC(C)c1nc(C2CCOC2)c(C(C)(C)C)s1. The fourth-order valence-electron chi connectivity index (χ4n) is 2.16. The third-order valence-corrected chi connectivity index (χ3v) is 4.96. The highest BCUT2D eigenvalue weighted by atomic mass is 32.1. The summed E-state index contributed by atoms with van der Waals surface area (Å²) in [5.41, 5.74) is 1.51. The molecule has 1 aliphatic rings. The summed E-state index contributed by atoms with van der Waals surface area (Å²) in [5.74, 6) is 1.05. The molecular weight excluding hydrogens is 230 g/mol. The zero-order valence-electron chi connectivity index (χ0n) is 11.5. The Hall–Kier alpha value is -0.410. The first-order chi connectivity index (χ1) is 7.89. The van der Waals surface area contributed by atoms with Crippen LogP contribution >= 0.6 is 11.3 Å². The summed E-state index contributed by atoms with van der Waals surface area (Å²) in [5, 5.41) is 1.27. The van der Waals surface area contributed by atoms with E-state index in [0.717, 1.165) is 19.6 Å². The van der Waals surface area contributed by atoms with Crippen molar-refractivity contribution in [1.29, 1.82) is 0 Å². The topological polar surface area (TPSA) is 22.1 Å². The van der Waals surface area contributed by atoms with Crippen molar-refractivity contribution >= 4 is 11.3 Å². The van der Waals surface area contributed by atoms with Crippen molar-refractivity contribution in [2.24, 2.45) is 0 Å². The highest BCUT2D eigenvalue weighted by molar-refractivity contribution is 7.12. The number of hydrogen-bond acceptors (Lipinski definition) is 3. The largest absolute Gasteiger partial charge is 0.381 e. The van der Waals surface area contributed by atoms with Crippen molar-refractivity contribution in [1.82, 2.24) is 4.98 Å². The van der Waals surface area contributed by atoms with Crippen molar-refractivity contribution in [2.45, 2.75) is 58.3 Å². The second kappa shape index (κ2) is 4.69. The molecule has 17 heavy (non-hydrogen) atoms. The standard InChI is InChI=1S/C14H23NOS/c1-9(2)13-15-11(10-6-7-16-8-10)12(17-13)14(3,4)5/h9-10H,6-8H2,1-5H3. The molecule has 1 aromatic rings. The van der Waals surface area contributed by atoms with Gasteiger partial charge in [-0.15, -0.1) is 11.3 Å². The molecule has 1 fully saturated rings. The number of nitrogens with zero attached hydrogens (tertiary/aromatic N) is 1. The molecule has 2 heterocycles. The number of rotatable bonds is 2. The second-order valence-corrected chi connectivity index (χ2v) is 7.26. The van der Waals surface area contributed by atoms with Crippen LogP contribution in [0.5, 0.6) is 0 Å². The van der Waals surface area contributed by atoms with E-state index in [4.69, 9.17) is 9.72 Å². The first-order valence-corrected chi connectivity index (χ1v) is 7.30. The Bertz CT molecular complexity index is 383. The van der Waals surface area contributed by atoms with Crippen LogP contribution in [-0.2, 0) is 10.2 Å². The highest BCUT2D eigenvalue weighted by Gasteiger charge is 2.30. The molecule has 1 atom stereocenters. The van der Waals surface area contributed by atoms with Crippen LogP contribution in [0.1, 0.15) is 68.5 Å². The highest BCUT2D eigenvalue weighted by Crippen LogP contribution is 2.39. The maximum absolute atomic E-state index is 5.51. The summed E-state index contributed by atoms with van der Waals surface area (Å²) in [6.07, 6.45) is 1.13. The number of thiazole rings is 1. The van der Waals surface area contributed by atoms with Crippen LogP contribution in [0.15, 0.2) is 0 Å². The Kier molecular flexibility index (Phi) is 3.60. The lowest BCUT2D eigenvalue weighted by molar-refractivity contribution is 0.193. The van der Waals surface area contributed by atoms with Gasteiger partial charge in [0.1, 0.15) is 0 Å². The van der Waals surface area contributed by atoms with Crippen LogP contribution in [0.3, 0.4) is 0 Å². The molecule has 0 spiro atoms. The summed E-state index contributed by atoms with van der Waals surface area (Å²) in [6, 6.07) is 0. The quantitative estimate of drug-likeness (QED) is 0.792. The first kappa shape index (κ1) is 13.0. The van der Waals surface area contributed by atoms with Crippen molar-refractivity contribution in [3.63, 3.8) is 0 Å². The molecule has 0 aliphatic carbocycles. The van der Waals surface area contributed by atoms with E-state index < -0.39 is 0 Å². The van der Waals surface area contributed by atoms with Gasteiger partial charge in [-0.3, -0.25) is 0 Å². The van der Waals surface area contributed by atoms with Gasteiger partial charge in [0.25, 0.3) is 0 Å². The van der Waals surface area contributed by atoms with Crippen molar-refractivity contribution in [3.05, 3.63) is 15.6 Å². The van der Waals surface area contributed by atoms with E-state index in [0.29, 0.717) is 11.8 Å². The Balaban J connectivity index is 2.40. The summed E-state index contributed by atoms with van der Waals surface area (Å²) >= 11 is 1.89. The van der Waals surface area contributed by atoms with Crippen molar-refractivity contribution in [2.75, 3.05) is 13.2 Å². The van der Waals surface area contributed by atoms with E-state index in [1.165, 1.54) is 15.6 Å². The van der Waals surface area contributed by atoms with Crippen LogP contribution in [0, 0.1) is 0 Å². The Morgan fingerprint density at radius 2 is 2.06 bits per heavy atom. The predicted molar refractivity (Wildman–Crippen MR) is 73.1 cm³/mol. The third kappa shape index (κ3) is 2.71. The fourth-order valence-corrected chi connectivity index (χ4v) is 3.37. The van der Waals surface area contributed by atoms with Gasteiger partial charge in [-0.2, -0.15) is 0 Å². The van der Waals surface area contributed by atoms with Gasteiger partial charge in [0.2, 0.25) is 0 Å². The summed E-state index contributed by atoms with van der Waals surface area (Å²) in [6.45, 7) is 13.0. The van der Waals surface area contributed by atoms with Crippen molar-refractivity contribution in [3.8, 4) is 0 Å². The molecule has 0 saturated carbocycles. The van der Waals surface area contributed by atoms with Gasteiger partial charge in [-0.05, 0) is 11.8 Å². The molecule has 0 aromatic carbocycles. The van der Waals surface area contributed by atoms with E-state index in [9.17, 15) is 0 Å². The third-order valence-electron chi connectivity index (χ3n) is 3.16. The molecular formula is C14H23NOS. The normalized spacial score (nSPS) is 21.4. The molecule has 0 radical (unpaired) electrons. The van der Waals surface area contributed by atoms with Gasteiger partial charge in [0, 0.05) is 23.3 Å². The number of ether oxygens (including phenoxy) is 1. The summed E-state index contributed by atoms with van der Waals surface area (Å²) < 4.78 is 5.51. The van der Waals surface area contributed by atoms with E-state index in [2.05, 4.69) is 34.6 Å². The fraction of sp³-hybridized carbons (Fsp3) is 0.786. The molecule has 0 N–H and O–H groups in total. The average Bonchev–Trinajstić information content (AvgIpc) is 2.85. The second-order valence-electron chi connectivity index (χ2n) is 6.23. The molecule has 1 aromatic heterocycles. The van der Waals surface area contributed by atoms with E-state index in [1.54, 1.807) is 0 Å². The zero-order chi connectivity index (χ0) is 12.6. The molecule has 2 nitrogen and oxygen atoms in total. The summed E-state index contributed by atoms with van der Waals surface area (Å²) in [7, 11) is 0. The predicted octanol–water partition coefficient (Wildman–Crippen LogP) is 4.07. The molecule has 2 rings (SSSR count). The van der Waals surface area contributed by atoms with Gasteiger partial charge >= 0.3 is 0 Å². The van der Waals surface area contributed by atoms with Crippen molar-refractivity contribution < 1.29 is 4.74 Å². The molecule has 0 bridgehead atoms. The van der Waals surface area contributed by atoms with Gasteiger partial charge in [-0.25, -0.2) is 4.98 Å². The van der Waals surface area contributed by atoms with Crippen LogP contribution < -0.4 is 0 Å². The van der Waals surface area contributed by atoms with Gasteiger partial charge in [0.05, 0.1) is 17.3 Å². The van der Waals surface area contributed by atoms with Crippen LogP contribution in [-0.4, -0.2) is 18.2 Å². The molecule has 3 heteroatoms. The number of hydrogen-bond donors (Lipinski definition) is 0. The van der Waals surface area contributed by atoms with Crippen LogP contribution in [0.25, 0.3) is 0 Å². The number of aromatic nitrogens is 1. The van der Waals surface area contributed by atoms with Gasteiger partial charge < -0.3 is 4.74 Å². The lowest BCUT2D eigenvalue weighted by atomic mass is 9.89. The summed E-state index contributed by atoms with van der Waals surface area (Å²) in [4.78, 5) is 6.35.